The number of nitrogens with two attached hydrogens (primary N) is 1. The van der Waals surface area contributed by atoms with Gasteiger partial charge in [0.1, 0.15) is 11.7 Å². The minimum Gasteiger partial charge on any atom is -0.384 e. The summed E-state index contributed by atoms with van der Waals surface area (Å²) in [6.45, 7) is 3.08. The first-order valence-corrected chi connectivity index (χ1v) is 12.0. The van der Waals surface area contributed by atoms with E-state index in [-0.39, 0.29) is 24.1 Å². The van der Waals surface area contributed by atoms with E-state index in [1.807, 2.05) is 72.6 Å². The molecule has 7 nitrogen and oxygen atoms in total. The van der Waals surface area contributed by atoms with E-state index < -0.39 is 0 Å². The van der Waals surface area contributed by atoms with Crippen LogP contribution in [0.3, 0.4) is 0 Å². The molecule has 0 bridgehead atoms. The molecular formula is C28H31ClN6O. The number of nitrogens with one attached hydrogen (secondary N) is 1. The monoisotopic (exact) mass is 502 g/mol. The summed E-state index contributed by atoms with van der Waals surface area (Å²) in [4.78, 5) is 22.3. The number of para-hydroxylation sites is 1. The molecular weight excluding hydrogens is 472 g/mol. The molecule has 1 saturated heterocycles. The van der Waals surface area contributed by atoms with Crippen molar-refractivity contribution >= 4 is 40.9 Å². The van der Waals surface area contributed by atoms with E-state index in [4.69, 9.17) is 16.1 Å². The standard InChI is InChI=1S/C28H30N6O.ClH/c1-32-25-13-12-22(28(35)34-17-15-33(16-18-34)23-5-3-2-4-6-23)19-24(25)31-26(32)14-9-20-7-10-21(11-8-20)27(29)30;/h2-8,10-13,19H,9,14-18H2,1H3,(H3,29,30);1H. The summed E-state index contributed by atoms with van der Waals surface area (Å²) in [6.07, 6.45) is 1.63. The van der Waals surface area contributed by atoms with Crippen LogP contribution < -0.4 is 10.6 Å². The molecule has 8 heteroatoms. The van der Waals surface area contributed by atoms with Gasteiger partial charge in [-0.3, -0.25) is 10.2 Å². The summed E-state index contributed by atoms with van der Waals surface area (Å²) in [7, 11) is 2.02. The number of amidine groups is 1. The van der Waals surface area contributed by atoms with Crippen LogP contribution in [0.25, 0.3) is 11.0 Å². The number of anilines is 1. The van der Waals surface area contributed by atoms with Crippen LogP contribution in [0.5, 0.6) is 0 Å². The van der Waals surface area contributed by atoms with Gasteiger partial charge >= 0.3 is 0 Å². The normalized spacial score (nSPS) is 13.5. The van der Waals surface area contributed by atoms with Gasteiger partial charge in [-0.25, -0.2) is 4.98 Å². The Hall–Kier alpha value is -3.84. The highest BCUT2D eigenvalue weighted by Gasteiger charge is 2.23. The number of carbonyl (C=O) groups is 1. The van der Waals surface area contributed by atoms with Crippen LogP contribution in [0.1, 0.15) is 27.3 Å². The first-order valence-electron chi connectivity index (χ1n) is 12.0. The highest BCUT2D eigenvalue weighted by Crippen LogP contribution is 2.21. The fourth-order valence-electron chi connectivity index (χ4n) is 4.70. The molecule has 1 amide bonds. The maximum absolute atomic E-state index is 13.2. The van der Waals surface area contributed by atoms with Crippen molar-refractivity contribution < 1.29 is 4.79 Å². The Morgan fingerprint density at radius 3 is 2.25 bits per heavy atom. The number of piperazine rings is 1. The molecule has 3 aromatic carbocycles. The molecule has 1 aromatic heterocycles. The molecule has 0 atom stereocenters. The zero-order valence-electron chi connectivity index (χ0n) is 20.4. The Kier molecular flexibility index (Phi) is 7.60. The van der Waals surface area contributed by atoms with Crippen molar-refractivity contribution in [2.45, 2.75) is 12.8 Å². The highest BCUT2D eigenvalue weighted by atomic mass is 35.5. The second kappa shape index (κ2) is 10.8. The average molecular weight is 503 g/mol. The zero-order valence-corrected chi connectivity index (χ0v) is 21.2. The maximum Gasteiger partial charge on any atom is 0.254 e. The number of fused-ring (bicyclic) bond motifs is 1. The summed E-state index contributed by atoms with van der Waals surface area (Å²) >= 11 is 0. The molecule has 0 spiro atoms. The second-order valence-corrected chi connectivity index (χ2v) is 9.02. The molecule has 0 unspecified atom stereocenters. The average Bonchev–Trinajstić information content (AvgIpc) is 3.22. The van der Waals surface area contributed by atoms with Crippen LogP contribution in [0.15, 0.2) is 72.8 Å². The predicted octanol–water partition coefficient (Wildman–Crippen LogP) is 4.03. The summed E-state index contributed by atoms with van der Waals surface area (Å²) in [6, 6.07) is 24.0. The maximum atomic E-state index is 13.2. The SMILES string of the molecule is Cl.Cn1c(CCc2ccc(C(=N)N)cc2)nc2cc(C(=O)N3CCN(c4ccccc4)CC3)ccc21. The Balaban J connectivity index is 0.00000304. The molecule has 0 radical (unpaired) electrons. The third-order valence-electron chi connectivity index (χ3n) is 6.81. The number of nitrogens with zero attached hydrogens (tertiary/aromatic N) is 4. The smallest absolute Gasteiger partial charge is 0.254 e. The lowest BCUT2D eigenvalue weighted by Crippen LogP contribution is -2.48. The van der Waals surface area contributed by atoms with Crippen molar-refractivity contribution in [2.24, 2.45) is 12.8 Å². The van der Waals surface area contributed by atoms with Crippen LogP contribution in [0.2, 0.25) is 0 Å². The molecule has 1 aliphatic rings. The van der Waals surface area contributed by atoms with E-state index in [0.717, 1.165) is 48.4 Å². The minimum atomic E-state index is 0. The molecule has 3 N–H and O–H groups in total. The van der Waals surface area contributed by atoms with Crippen molar-refractivity contribution in [3.05, 3.63) is 95.3 Å². The Labute approximate surface area is 217 Å². The number of carbonyl (C=O) groups excluding carboxylic acids is 1. The number of imidazole rings is 1. The second-order valence-electron chi connectivity index (χ2n) is 9.02. The lowest BCUT2D eigenvalue weighted by Gasteiger charge is -2.36. The van der Waals surface area contributed by atoms with Gasteiger partial charge in [-0.2, -0.15) is 0 Å². The van der Waals surface area contributed by atoms with Crippen molar-refractivity contribution in [1.29, 1.82) is 5.41 Å². The molecule has 186 valence electrons. The molecule has 0 saturated carbocycles. The Morgan fingerprint density at radius 2 is 1.58 bits per heavy atom. The summed E-state index contributed by atoms with van der Waals surface area (Å²) < 4.78 is 2.10. The number of halogens is 1. The van der Waals surface area contributed by atoms with E-state index in [9.17, 15) is 4.79 Å². The third-order valence-corrected chi connectivity index (χ3v) is 6.81. The number of benzene rings is 3. The van der Waals surface area contributed by atoms with Gasteiger partial charge in [0.05, 0.1) is 11.0 Å². The number of aromatic nitrogens is 2. The predicted molar refractivity (Wildman–Crippen MR) is 147 cm³/mol. The summed E-state index contributed by atoms with van der Waals surface area (Å²) in [5, 5.41) is 7.53. The molecule has 36 heavy (non-hydrogen) atoms. The highest BCUT2D eigenvalue weighted by molar-refractivity contribution is 5.97. The van der Waals surface area contributed by atoms with Crippen LogP contribution in [-0.4, -0.2) is 52.4 Å². The van der Waals surface area contributed by atoms with Crippen molar-refractivity contribution in [3.8, 4) is 0 Å². The third kappa shape index (κ3) is 5.21. The van der Waals surface area contributed by atoms with Gasteiger partial charge in [0.15, 0.2) is 0 Å². The lowest BCUT2D eigenvalue weighted by molar-refractivity contribution is 0.0747. The van der Waals surface area contributed by atoms with Gasteiger partial charge in [0.2, 0.25) is 0 Å². The number of aryl methyl sites for hydroxylation is 3. The zero-order chi connectivity index (χ0) is 24.4. The van der Waals surface area contributed by atoms with Gasteiger partial charge < -0.3 is 20.1 Å². The number of nitrogen functional groups attached to an aromatic ring is 1. The number of amides is 1. The quantitative estimate of drug-likeness (QED) is 0.307. The van der Waals surface area contributed by atoms with Gasteiger partial charge in [0.25, 0.3) is 5.91 Å². The summed E-state index contributed by atoms with van der Waals surface area (Å²) in [5.41, 5.74) is 11.2. The van der Waals surface area contributed by atoms with Gasteiger partial charge in [0, 0.05) is 56.5 Å². The van der Waals surface area contributed by atoms with E-state index in [1.165, 1.54) is 11.3 Å². The van der Waals surface area contributed by atoms with E-state index in [2.05, 4.69) is 21.6 Å². The number of rotatable bonds is 6. The molecule has 2 heterocycles. The fourth-order valence-corrected chi connectivity index (χ4v) is 4.70. The number of hydrogen-bond donors (Lipinski definition) is 2. The van der Waals surface area contributed by atoms with Crippen LogP contribution >= 0.6 is 12.4 Å². The Bertz CT molecular complexity index is 1360. The molecule has 1 fully saturated rings. The Morgan fingerprint density at radius 1 is 0.917 bits per heavy atom. The van der Waals surface area contributed by atoms with Gasteiger partial charge in [-0.15, -0.1) is 12.4 Å². The lowest BCUT2D eigenvalue weighted by atomic mass is 10.1. The van der Waals surface area contributed by atoms with Crippen LogP contribution in [-0.2, 0) is 19.9 Å². The molecule has 4 aromatic rings. The van der Waals surface area contributed by atoms with Crippen molar-refractivity contribution in [2.75, 3.05) is 31.1 Å². The van der Waals surface area contributed by atoms with Crippen molar-refractivity contribution in [3.63, 3.8) is 0 Å². The van der Waals surface area contributed by atoms with Crippen LogP contribution in [0, 0.1) is 5.41 Å². The molecule has 0 aliphatic carbocycles. The fraction of sp³-hybridized carbons (Fsp3) is 0.250. The first kappa shape index (κ1) is 25.3. The minimum absolute atomic E-state index is 0. The molecule has 5 rings (SSSR count). The topological polar surface area (TPSA) is 91.2 Å². The summed E-state index contributed by atoms with van der Waals surface area (Å²) in [5.74, 6) is 1.13. The van der Waals surface area contributed by atoms with Crippen LogP contribution in [0.4, 0.5) is 5.69 Å². The van der Waals surface area contributed by atoms with Gasteiger partial charge in [-0.1, -0.05) is 42.5 Å². The van der Waals surface area contributed by atoms with E-state index in [0.29, 0.717) is 18.7 Å². The first-order chi connectivity index (χ1) is 17.0. The van der Waals surface area contributed by atoms with Crippen molar-refractivity contribution in [1.82, 2.24) is 14.5 Å². The van der Waals surface area contributed by atoms with E-state index in [1.54, 1.807) is 0 Å². The van der Waals surface area contributed by atoms with E-state index >= 15 is 0 Å². The number of hydrogen-bond acceptors (Lipinski definition) is 4. The largest absolute Gasteiger partial charge is 0.384 e. The van der Waals surface area contributed by atoms with Gasteiger partial charge in [-0.05, 0) is 42.3 Å². The molecule has 1 aliphatic heterocycles.